The standard InChI is InChI=1S/C19H14N2O4S3/c1-2-28(23,24)14-5-3-11(4-6-14)15-10-20-9-12-7-13(25-17(12)15)8-16-18(22)21-19(26)27-16/h3-10H,2H2,1H3,(H,21,22,26)/b16-8+. The summed E-state index contributed by atoms with van der Waals surface area (Å²) in [6.45, 7) is 1.61. The van der Waals surface area contributed by atoms with E-state index < -0.39 is 9.84 Å². The largest absolute Gasteiger partial charge is 0.456 e. The van der Waals surface area contributed by atoms with Gasteiger partial charge in [-0.15, -0.1) is 0 Å². The normalized spacial score (nSPS) is 16.1. The first kappa shape index (κ1) is 18.9. The van der Waals surface area contributed by atoms with Gasteiger partial charge in [-0.3, -0.25) is 9.78 Å². The van der Waals surface area contributed by atoms with Crippen molar-refractivity contribution in [1.82, 2.24) is 10.3 Å². The third-order valence-corrected chi connectivity index (χ3v) is 7.17. The first-order valence-corrected chi connectivity index (χ1v) is 11.2. The van der Waals surface area contributed by atoms with Gasteiger partial charge < -0.3 is 9.73 Å². The zero-order valence-corrected chi connectivity index (χ0v) is 17.1. The summed E-state index contributed by atoms with van der Waals surface area (Å²) < 4.78 is 30.4. The molecule has 0 bridgehead atoms. The fourth-order valence-corrected chi connectivity index (χ4v) is 4.73. The monoisotopic (exact) mass is 430 g/mol. The highest BCUT2D eigenvalue weighted by molar-refractivity contribution is 8.26. The third-order valence-electron chi connectivity index (χ3n) is 4.26. The lowest BCUT2D eigenvalue weighted by Gasteiger charge is -2.05. The topological polar surface area (TPSA) is 89.3 Å². The van der Waals surface area contributed by atoms with Crippen LogP contribution in [0.2, 0.25) is 0 Å². The number of aromatic nitrogens is 1. The number of nitrogens with one attached hydrogen (secondary N) is 1. The molecule has 1 aliphatic heterocycles. The van der Waals surface area contributed by atoms with Crippen molar-refractivity contribution < 1.29 is 17.6 Å². The fourth-order valence-electron chi connectivity index (χ4n) is 2.82. The highest BCUT2D eigenvalue weighted by Gasteiger charge is 2.23. The second kappa shape index (κ2) is 7.16. The van der Waals surface area contributed by atoms with Gasteiger partial charge in [0.2, 0.25) is 0 Å². The molecule has 0 saturated carbocycles. The molecule has 0 aliphatic carbocycles. The van der Waals surface area contributed by atoms with Gasteiger partial charge in [0, 0.05) is 29.4 Å². The number of furan rings is 1. The van der Waals surface area contributed by atoms with Gasteiger partial charge in [0.15, 0.2) is 9.84 Å². The van der Waals surface area contributed by atoms with Gasteiger partial charge in [-0.25, -0.2) is 8.42 Å². The van der Waals surface area contributed by atoms with E-state index in [9.17, 15) is 13.2 Å². The van der Waals surface area contributed by atoms with Crippen LogP contribution in [0.15, 0.2) is 56.9 Å². The number of sulfone groups is 1. The Morgan fingerprint density at radius 2 is 2.00 bits per heavy atom. The smallest absolute Gasteiger partial charge is 0.263 e. The van der Waals surface area contributed by atoms with Crippen LogP contribution < -0.4 is 5.32 Å². The Kier molecular flexibility index (Phi) is 4.82. The predicted molar refractivity (Wildman–Crippen MR) is 113 cm³/mol. The quantitative estimate of drug-likeness (QED) is 0.498. The molecule has 9 heteroatoms. The molecule has 3 heterocycles. The van der Waals surface area contributed by atoms with Crippen LogP contribution in [0.3, 0.4) is 0 Å². The molecule has 1 aromatic carbocycles. The lowest BCUT2D eigenvalue weighted by Crippen LogP contribution is -2.17. The first-order valence-electron chi connectivity index (χ1n) is 8.33. The highest BCUT2D eigenvalue weighted by atomic mass is 32.2. The molecule has 0 radical (unpaired) electrons. The minimum Gasteiger partial charge on any atom is -0.456 e. The molecule has 1 aliphatic rings. The first-order chi connectivity index (χ1) is 13.4. The van der Waals surface area contributed by atoms with E-state index in [0.717, 1.165) is 16.5 Å². The molecule has 3 aromatic rings. The van der Waals surface area contributed by atoms with Crippen molar-refractivity contribution in [1.29, 1.82) is 0 Å². The lowest BCUT2D eigenvalue weighted by molar-refractivity contribution is -0.115. The van der Waals surface area contributed by atoms with Crippen molar-refractivity contribution in [3.05, 3.63) is 53.4 Å². The Morgan fingerprint density at radius 1 is 1.25 bits per heavy atom. The van der Waals surface area contributed by atoms with E-state index in [4.69, 9.17) is 16.6 Å². The Labute approximate surface area is 170 Å². The van der Waals surface area contributed by atoms with E-state index in [2.05, 4.69) is 10.3 Å². The summed E-state index contributed by atoms with van der Waals surface area (Å²) in [6.07, 6.45) is 4.98. The summed E-state index contributed by atoms with van der Waals surface area (Å²) in [5.74, 6) is 0.313. The molecule has 0 unspecified atom stereocenters. The van der Waals surface area contributed by atoms with Gasteiger partial charge in [-0.2, -0.15) is 0 Å². The number of carbonyl (C=O) groups excluding carboxylic acids is 1. The molecule has 0 atom stereocenters. The fraction of sp³-hybridized carbons (Fsp3) is 0.105. The molecule has 142 valence electrons. The van der Waals surface area contributed by atoms with E-state index in [0.29, 0.717) is 20.6 Å². The van der Waals surface area contributed by atoms with Crippen molar-refractivity contribution in [3.63, 3.8) is 0 Å². The van der Waals surface area contributed by atoms with Crippen LogP contribution in [0.25, 0.3) is 28.2 Å². The Balaban J connectivity index is 1.75. The number of benzene rings is 1. The molecule has 28 heavy (non-hydrogen) atoms. The highest BCUT2D eigenvalue weighted by Crippen LogP contribution is 2.33. The number of hydrogen-bond acceptors (Lipinski definition) is 7. The summed E-state index contributed by atoms with van der Waals surface area (Å²) in [5, 5.41) is 3.34. The van der Waals surface area contributed by atoms with Crippen LogP contribution >= 0.6 is 24.0 Å². The maximum absolute atomic E-state index is 12.0. The van der Waals surface area contributed by atoms with Gasteiger partial charge >= 0.3 is 0 Å². The van der Waals surface area contributed by atoms with Crippen LogP contribution in [-0.2, 0) is 14.6 Å². The van der Waals surface area contributed by atoms with E-state index >= 15 is 0 Å². The number of thiocarbonyl (C=S) groups is 1. The molecule has 1 saturated heterocycles. The van der Waals surface area contributed by atoms with E-state index in [1.54, 1.807) is 55.7 Å². The molecular formula is C19H14N2O4S3. The van der Waals surface area contributed by atoms with Crippen molar-refractivity contribution in [2.45, 2.75) is 11.8 Å². The number of fused-ring (bicyclic) bond motifs is 1. The average molecular weight is 431 g/mol. The SMILES string of the molecule is CCS(=O)(=O)c1ccc(-c2cncc3cc(/C=C4/SC(=S)NC4=O)oc23)cc1. The number of amides is 1. The Morgan fingerprint density at radius 3 is 2.64 bits per heavy atom. The maximum atomic E-state index is 12.0. The van der Waals surface area contributed by atoms with Crippen molar-refractivity contribution >= 4 is 61.1 Å². The van der Waals surface area contributed by atoms with Crippen LogP contribution in [0.1, 0.15) is 12.7 Å². The van der Waals surface area contributed by atoms with Gasteiger partial charge in [0.1, 0.15) is 15.7 Å². The predicted octanol–water partition coefficient (Wildman–Crippen LogP) is 3.78. The van der Waals surface area contributed by atoms with E-state index in [1.165, 1.54) is 11.8 Å². The van der Waals surface area contributed by atoms with Crippen molar-refractivity contribution in [3.8, 4) is 11.1 Å². The second-order valence-electron chi connectivity index (χ2n) is 6.03. The Hall–Kier alpha value is -2.49. The van der Waals surface area contributed by atoms with Gasteiger partial charge in [-0.1, -0.05) is 43.0 Å². The number of nitrogens with zero attached hydrogens (tertiary/aromatic N) is 1. The third kappa shape index (κ3) is 3.48. The van der Waals surface area contributed by atoms with Crippen molar-refractivity contribution in [2.75, 3.05) is 5.75 Å². The van der Waals surface area contributed by atoms with Crippen LogP contribution in [-0.4, -0.2) is 29.4 Å². The summed E-state index contributed by atoms with van der Waals surface area (Å²) in [4.78, 5) is 16.8. The van der Waals surface area contributed by atoms with E-state index in [1.807, 2.05) is 0 Å². The zero-order valence-electron chi connectivity index (χ0n) is 14.6. The number of pyridine rings is 1. The van der Waals surface area contributed by atoms with Crippen LogP contribution in [0.4, 0.5) is 0 Å². The molecule has 6 nitrogen and oxygen atoms in total. The summed E-state index contributed by atoms with van der Waals surface area (Å²) in [7, 11) is -3.26. The van der Waals surface area contributed by atoms with Crippen LogP contribution in [0.5, 0.6) is 0 Å². The maximum Gasteiger partial charge on any atom is 0.263 e. The minimum absolute atomic E-state index is 0.0503. The second-order valence-corrected chi connectivity index (χ2v) is 10.0. The molecular weight excluding hydrogens is 416 g/mol. The molecule has 1 N–H and O–H groups in total. The lowest BCUT2D eigenvalue weighted by atomic mass is 10.1. The summed E-state index contributed by atoms with van der Waals surface area (Å²) >= 11 is 6.17. The van der Waals surface area contributed by atoms with Gasteiger partial charge in [0.05, 0.1) is 15.6 Å². The number of rotatable bonds is 4. The molecule has 1 fully saturated rings. The molecule has 4 rings (SSSR count). The summed E-state index contributed by atoms with van der Waals surface area (Å²) in [6, 6.07) is 8.43. The summed E-state index contributed by atoms with van der Waals surface area (Å²) in [5.41, 5.74) is 2.14. The van der Waals surface area contributed by atoms with Crippen LogP contribution in [0, 0.1) is 0 Å². The number of carbonyl (C=O) groups is 1. The van der Waals surface area contributed by atoms with Crippen molar-refractivity contribution in [2.24, 2.45) is 0 Å². The molecule has 0 spiro atoms. The average Bonchev–Trinajstić information content (AvgIpc) is 3.23. The van der Waals surface area contributed by atoms with Gasteiger partial charge in [-0.05, 0) is 23.8 Å². The number of hydrogen-bond donors (Lipinski definition) is 1. The zero-order chi connectivity index (χ0) is 19.9. The van der Waals surface area contributed by atoms with E-state index in [-0.39, 0.29) is 16.6 Å². The Bertz CT molecular complexity index is 1240. The minimum atomic E-state index is -3.26. The van der Waals surface area contributed by atoms with Gasteiger partial charge in [0.25, 0.3) is 5.91 Å². The molecule has 2 aromatic heterocycles. The number of thioether (sulfide) groups is 1. The molecule has 1 amide bonds.